The number of nitrogens with zero attached hydrogens (tertiary/aromatic N) is 1. The largest absolute Gasteiger partial charge is 0.487 e. The van der Waals surface area contributed by atoms with E-state index in [1.165, 1.54) is 12.8 Å². The first kappa shape index (κ1) is 18.4. The lowest BCUT2D eigenvalue weighted by atomic mass is 10.3. The van der Waals surface area contributed by atoms with Crippen molar-refractivity contribution in [1.29, 1.82) is 0 Å². The summed E-state index contributed by atoms with van der Waals surface area (Å²) in [6.45, 7) is 3.68. The van der Waals surface area contributed by atoms with E-state index >= 15 is 0 Å². The molecule has 1 unspecified atom stereocenters. The molecule has 2 N–H and O–H groups in total. The van der Waals surface area contributed by atoms with Crippen molar-refractivity contribution in [3.8, 4) is 5.75 Å². The summed E-state index contributed by atoms with van der Waals surface area (Å²) in [5.41, 5.74) is 0. The van der Waals surface area contributed by atoms with E-state index in [4.69, 9.17) is 16.3 Å². The molecule has 1 aromatic carbocycles. The topological polar surface area (TPSA) is 45.7 Å². The molecular weight excluding hydrogens is 401 g/mol. The Morgan fingerprint density at radius 1 is 1.38 bits per heavy atom. The fraction of sp³-hybridized carbons (Fsp3) is 0.533. The molecule has 1 saturated carbocycles. The van der Waals surface area contributed by atoms with Crippen LogP contribution in [-0.4, -0.2) is 32.2 Å². The Hall–Kier alpha value is -0.690. The number of ether oxygens (including phenoxy) is 1. The average molecular weight is 424 g/mol. The first-order chi connectivity index (χ1) is 9.69. The first-order valence-corrected chi connectivity index (χ1v) is 7.42. The molecule has 0 saturated heterocycles. The number of nitrogens with one attached hydrogen (secondary N) is 2. The van der Waals surface area contributed by atoms with Crippen LogP contribution in [0.4, 0.5) is 0 Å². The highest BCUT2D eigenvalue weighted by molar-refractivity contribution is 14.0. The highest BCUT2D eigenvalue weighted by Gasteiger charge is 2.21. The third kappa shape index (κ3) is 6.74. The van der Waals surface area contributed by atoms with Gasteiger partial charge < -0.3 is 15.4 Å². The van der Waals surface area contributed by atoms with Crippen molar-refractivity contribution in [2.24, 2.45) is 10.9 Å². The van der Waals surface area contributed by atoms with Crippen LogP contribution < -0.4 is 15.4 Å². The molecule has 0 aromatic heterocycles. The second-order valence-electron chi connectivity index (χ2n) is 5.14. The lowest BCUT2D eigenvalue weighted by molar-refractivity contribution is 0.224. The van der Waals surface area contributed by atoms with Crippen molar-refractivity contribution >= 4 is 41.5 Å². The van der Waals surface area contributed by atoms with Crippen LogP contribution in [0.5, 0.6) is 5.75 Å². The van der Waals surface area contributed by atoms with Crippen LogP contribution in [0.25, 0.3) is 0 Å². The summed E-state index contributed by atoms with van der Waals surface area (Å²) in [5.74, 6) is 2.36. The molecule has 1 atom stereocenters. The molecule has 6 heteroatoms. The van der Waals surface area contributed by atoms with Gasteiger partial charge in [0, 0.05) is 13.6 Å². The van der Waals surface area contributed by atoms with Crippen LogP contribution in [0, 0.1) is 5.92 Å². The van der Waals surface area contributed by atoms with E-state index in [2.05, 4.69) is 15.6 Å². The first-order valence-electron chi connectivity index (χ1n) is 7.04. The minimum Gasteiger partial charge on any atom is -0.487 e. The van der Waals surface area contributed by atoms with E-state index in [9.17, 15) is 0 Å². The van der Waals surface area contributed by atoms with Gasteiger partial charge in [-0.2, -0.15) is 0 Å². The lowest BCUT2D eigenvalue weighted by Gasteiger charge is -2.18. The van der Waals surface area contributed by atoms with Gasteiger partial charge in [0.25, 0.3) is 0 Å². The van der Waals surface area contributed by atoms with E-state index in [0.29, 0.717) is 17.3 Å². The lowest BCUT2D eigenvalue weighted by Crippen LogP contribution is -2.42. The minimum absolute atomic E-state index is 0. The van der Waals surface area contributed by atoms with Crippen molar-refractivity contribution in [2.45, 2.75) is 25.9 Å². The van der Waals surface area contributed by atoms with Gasteiger partial charge in [-0.15, -0.1) is 24.0 Å². The van der Waals surface area contributed by atoms with Crippen molar-refractivity contribution in [2.75, 3.05) is 20.1 Å². The maximum Gasteiger partial charge on any atom is 0.191 e. The van der Waals surface area contributed by atoms with Gasteiger partial charge in [0.15, 0.2) is 5.96 Å². The summed E-state index contributed by atoms with van der Waals surface area (Å²) < 4.78 is 5.80. The summed E-state index contributed by atoms with van der Waals surface area (Å²) in [6.07, 6.45) is 2.67. The second kappa shape index (κ2) is 9.35. The van der Waals surface area contributed by atoms with Crippen molar-refractivity contribution in [1.82, 2.24) is 10.6 Å². The monoisotopic (exact) mass is 423 g/mol. The van der Waals surface area contributed by atoms with Gasteiger partial charge in [0.05, 0.1) is 11.6 Å². The summed E-state index contributed by atoms with van der Waals surface area (Å²) in [7, 11) is 1.78. The number of benzene rings is 1. The third-order valence-corrected chi connectivity index (χ3v) is 3.51. The van der Waals surface area contributed by atoms with Crippen LogP contribution in [-0.2, 0) is 0 Å². The molecule has 0 bridgehead atoms. The molecule has 0 aliphatic heterocycles. The number of hydrogen-bond acceptors (Lipinski definition) is 2. The normalized spacial score (nSPS) is 15.9. The standard InChI is InChI=1S/C15H22ClN3O.HI/c1-11(20-14-6-4-3-5-13(14)16)9-18-15(17-2)19-10-12-7-8-12;/h3-6,11-12H,7-10H2,1-2H3,(H2,17,18,19);1H. The van der Waals surface area contributed by atoms with Crippen LogP contribution in [0.15, 0.2) is 29.3 Å². The van der Waals surface area contributed by atoms with Gasteiger partial charge in [-0.1, -0.05) is 23.7 Å². The molecule has 1 aliphatic carbocycles. The fourth-order valence-electron chi connectivity index (χ4n) is 1.82. The van der Waals surface area contributed by atoms with E-state index in [1.807, 2.05) is 31.2 Å². The Balaban J connectivity index is 0.00000220. The van der Waals surface area contributed by atoms with Crippen LogP contribution in [0.3, 0.4) is 0 Å². The second-order valence-corrected chi connectivity index (χ2v) is 5.54. The van der Waals surface area contributed by atoms with Gasteiger partial charge in [-0.05, 0) is 37.8 Å². The zero-order valence-corrected chi connectivity index (χ0v) is 15.5. The number of aliphatic imine (C=N–C) groups is 1. The van der Waals surface area contributed by atoms with Crippen LogP contribution >= 0.6 is 35.6 Å². The predicted molar refractivity (Wildman–Crippen MR) is 99.0 cm³/mol. The van der Waals surface area contributed by atoms with E-state index in [1.54, 1.807) is 7.05 Å². The molecule has 118 valence electrons. The van der Waals surface area contributed by atoms with E-state index in [-0.39, 0.29) is 30.1 Å². The SMILES string of the molecule is CN=C(NCC1CC1)NCC(C)Oc1ccccc1Cl.I. The van der Waals surface area contributed by atoms with Crippen LogP contribution in [0.1, 0.15) is 19.8 Å². The molecule has 1 aromatic rings. The number of halogens is 2. The Labute approximate surface area is 148 Å². The number of guanidine groups is 1. The number of para-hydroxylation sites is 1. The molecular formula is C15H23ClIN3O. The molecule has 4 nitrogen and oxygen atoms in total. The van der Waals surface area contributed by atoms with Gasteiger partial charge in [-0.25, -0.2) is 0 Å². The average Bonchev–Trinajstić information content (AvgIpc) is 3.26. The van der Waals surface area contributed by atoms with E-state index < -0.39 is 0 Å². The zero-order chi connectivity index (χ0) is 14.4. The van der Waals surface area contributed by atoms with Gasteiger partial charge in [-0.3, -0.25) is 4.99 Å². The summed E-state index contributed by atoms with van der Waals surface area (Å²) in [4.78, 5) is 4.20. The minimum atomic E-state index is 0. The molecule has 21 heavy (non-hydrogen) atoms. The maximum atomic E-state index is 6.07. The predicted octanol–water partition coefficient (Wildman–Crippen LogP) is 3.30. The highest BCUT2D eigenvalue weighted by Crippen LogP contribution is 2.27. The van der Waals surface area contributed by atoms with Crippen molar-refractivity contribution in [3.63, 3.8) is 0 Å². The van der Waals surface area contributed by atoms with Gasteiger partial charge >= 0.3 is 0 Å². The Morgan fingerprint density at radius 2 is 2.10 bits per heavy atom. The highest BCUT2D eigenvalue weighted by atomic mass is 127. The number of rotatable bonds is 6. The van der Waals surface area contributed by atoms with Gasteiger partial charge in [0.1, 0.15) is 11.9 Å². The fourth-order valence-corrected chi connectivity index (χ4v) is 2.00. The Bertz CT molecular complexity index is 466. The zero-order valence-electron chi connectivity index (χ0n) is 12.4. The van der Waals surface area contributed by atoms with Gasteiger partial charge in [0.2, 0.25) is 0 Å². The molecule has 0 heterocycles. The smallest absolute Gasteiger partial charge is 0.191 e. The molecule has 0 radical (unpaired) electrons. The van der Waals surface area contributed by atoms with E-state index in [0.717, 1.165) is 18.4 Å². The number of hydrogen-bond donors (Lipinski definition) is 2. The molecule has 0 spiro atoms. The molecule has 0 amide bonds. The summed E-state index contributed by atoms with van der Waals surface area (Å²) in [6, 6.07) is 7.51. The molecule has 1 fully saturated rings. The molecule has 1 aliphatic rings. The molecule has 2 rings (SSSR count). The summed E-state index contributed by atoms with van der Waals surface area (Å²) >= 11 is 6.07. The van der Waals surface area contributed by atoms with Crippen molar-refractivity contribution in [3.05, 3.63) is 29.3 Å². The van der Waals surface area contributed by atoms with Crippen molar-refractivity contribution < 1.29 is 4.74 Å². The summed E-state index contributed by atoms with van der Waals surface area (Å²) in [5, 5.41) is 7.22. The quantitative estimate of drug-likeness (QED) is 0.419. The van der Waals surface area contributed by atoms with Crippen LogP contribution in [0.2, 0.25) is 5.02 Å². The Kier molecular flexibility index (Phi) is 8.18. The third-order valence-electron chi connectivity index (χ3n) is 3.20. The Morgan fingerprint density at radius 3 is 2.71 bits per heavy atom. The maximum absolute atomic E-state index is 6.07.